The summed E-state index contributed by atoms with van der Waals surface area (Å²) < 4.78 is 10.5. The van der Waals surface area contributed by atoms with Gasteiger partial charge in [0.05, 0.1) is 26.1 Å². The van der Waals surface area contributed by atoms with E-state index in [-0.39, 0.29) is 53.0 Å². The van der Waals surface area contributed by atoms with E-state index < -0.39 is 17.8 Å². The number of carbonyl (C=O) groups excluding carboxylic acids is 4. The van der Waals surface area contributed by atoms with Crippen molar-refractivity contribution in [1.82, 2.24) is 5.32 Å². The Bertz CT molecular complexity index is 1290. The first-order valence-corrected chi connectivity index (χ1v) is 11.4. The first kappa shape index (κ1) is 22.8. The Morgan fingerprint density at radius 1 is 1.03 bits per heavy atom. The monoisotopic (exact) mass is 475 g/mol. The molecule has 4 atom stereocenters. The Hall–Kier alpha value is -3.94. The van der Waals surface area contributed by atoms with Crippen LogP contribution in [0.1, 0.15) is 25.3 Å². The lowest BCUT2D eigenvalue weighted by atomic mass is 9.60. The van der Waals surface area contributed by atoms with Crippen LogP contribution in [0.3, 0.4) is 0 Å². The van der Waals surface area contributed by atoms with Crippen LogP contribution in [-0.4, -0.2) is 42.7 Å². The summed E-state index contributed by atoms with van der Waals surface area (Å²) in [6, 6.07) is 3.27. The normalized spacial score (nSPS) is 27.7. The second-order valence-electron chi connectivity index (χ2n) is 9.26. The Balaban J connectivity index is 1.62. The van der Waals surface area contributed by atoms with Crippen molar-refractivity contribution in [3.63, 3.8) is 0 Å². The van der Waals surface area contributed by atoms with Crippen molar-refractivity contribution in [2.45, 2.75) is 19.8 Å². The number of hydrogen-bond acceptors (Lipinski definition) is 7. The highest BCUT2D eigenvalue weighted by Gasteiger charge is 2.52. The van der Waals surface area contributed by atoms with Crippen molar-refractivity contribution in [1.29, 1.82) is 0 Å². The smallest absolute Gasteiger partial charge is 0.231 e. The van der Waals surface area contributed by atoms with E-state index in [1.54, 1.807) is 25.1 Å². The number of rotatable bonds is 4. The third-order valence-electron chi connectivity index (χ3n) is 7.44. The van der Waals surface area contributed by atoms with Crippen molar-refractivity contribution in [3.8, 4) is 17.2 Å². The number of methoxy groups -OCH3 is 2. The number of fused-ring (bicyclic) bond motifs is 3. The number of aromatic hydroxyl groups is 1. The van der Waals surface area contributed by atoms with E-state index in [4.69, 9.17) is 9.47 Å². The van der Waals surface area contributed by atoms with Gasteiger partial charge in [-0.2, -0.15) is 0 Å². The number of carbonyl (C=O) groups is 4. The van der Waals surface area contributed by atoms with E-state index in [9.17, 15) is 24.3 Å². The maximum Gasteiger partial charge on any atom is 0.231 e. The number of ether oxygens (including phenoxy) is 2. The minimum atomic E-state index is -0.560. The zero-order valence-electron chi connectivity index (χ0n) is 19.6. The molecule has 35 heavy (non-hydrogen) atoms. The van der Waals surface area contributed by atoms with Crippen LogP contribution in [0.15, 0.2) is 52.7 Å². The van der Waals surface area contributed by atoms with Crippen LogP contribution >= 0.6 is 0 Å². The molecule has 5 rings (SSSR count). The first-order chi connectivity index (χ1) is 16.7. The van der Waals surface area contributed by atoms with E-state index in [1.165, 1.54) is 20.3 Å². The zero-order valence-corrected chi connectivity index (χ0v) is 19.6. The molecule has 4 unspecified atom stereocenters. The second-order valence-corrected chi connectivity index (χ2v) is 9.26. The summed E-state index contributed by atoms with van der Waals surface area (Å²) in [5, 5.41) is 12.7. The fraction of sp³-hybridized carbons (Fsp3) is 0.333. The molecule has 4 aliphatic rings. The molecule has 1 fully saturated rings. The molecular formula is C27H25NO7. The number of hydrogen-bond donors (Lipinski definition) is 2. The number of imide groups is 1. The van der Waals surface area contributed by atoms with Crippen LogP contribution < -0.4 is 14.8 Å². The summed E-state index contributed by atoms with van der Waals surface area (Å²) in [4.78, 5) is 51.2. The minimum Gasteiger partial charge on any atom is -0.502 e. The summed E-state index contributed by atoms with van der Waals surface area (Å²) in [6.07, 6.45) is 7.57. The Morgan fingerprint density at radius 2 is 1.71 bits per heavy atom. The number of nitrogens with one attached hydrogen (secondary N) is 1. The van der Waals surface area contributed by atoms with Crippen molar-refractivity contribution < 1.29 is 33.8 Å². The van der Waals surface area contributed by atoms with E-state index >= 15 is 0 Å². The van der Waals surface area contributed by atoms with Crippen LogP contribution in [-0.2, 0) is 19.2 Å². The molecule has 1 aromatic carbocycles. The van der Waals surface area contributed by atoms with E-state index in [2.05, 4.69) is 5.32 Å². The van der Waals surface area contributed by atoms with Gasteiger partial charge >= 0.3 is 0 Å². The summed E-state index contributed by atoms with van der Waals surface area (Å²) in [7, 11) is 2.87. The maximum absolute atomic E-state index is 13.1. The second kappa shape index (κ2) is 8.37. The molecule has 8 heteroatoms. The van der Waals surface area contributed by atoms with E-state index in [1.807, 2.05) is 12.2 Å². The summed E-state index contributed by atoms with van der Waals surface area (Å²) in [6.45, 7) is 1.62. The Kier molecular flexibility index (Phi) is 5.46. The first-order valence-electron chi connectivity index (χ1n) is 11.4. The summed E-state index contributed by atoms with van der Waals surface area (Å²) in [5.41, 5.74) is 2.74. The van der Waals surface area contributed by atoms with Crippen LogP contribution in [0.5, 0.6) is 17.2 Å². The molecule has 0 radical (unpaired) electrons. The molecule has 2 amide bonds. The molecule has 1 heterocycles. The fourth-order valence-corrected chi connectivity index (χ4v) is 5.79. The lowest BCUT2D eigenvalue weighted by molar-refractivity contribution is -0.126. The molecule has 0 bridgehead atoms. The number of amides is 2. The quantitative estimate of drug-likeness (QED) is 0.390. The fourth-order valence-electron chi connectivity index (χ4n) is 5.79. The molecule has 0 saturated carbocycles. The summed E-state index contributed by atoms with van der Waals surface area (Å²) in [5.74, 6) is -2.58. The molecule has 2 N–H and O–H groups in total. The number of phenols is 1. The predicted molar refractivity (Wildman–Crippen MR) is 125 cm³/mol. The van der Waals surface area contributed by atoms with Gasteiger partial charge in [0.2, 0.25) is 17.6 Å². The predicted octanol–water partition coefficient (Wildman–Crippen LogP) is 2.67. The molecule has 3 aliphatic carbocycles. The molecular weight excluding hydrogens is 450 g/mol. The maximum atomic E-state index is 13.1. The molecule has 1 saturated heterocycles. The number of benzene rings is 1. The van der Waals surface area contributed by atoms with Gasteiger partial charge in [0.25, 0.3) is 0 Å². The van der Waals surface area contributed by atoms with Crippen molar-refractivity contribution in [3.05, 3.63) is 58.2 Å². The van der Waals surface area contributed by atoms with Crippen LogP contribution in [0.2, 0.25) is 0 Å². The number of Topliss-reactive ketones (excluding diaryl/α,β-unsaturated/α-hetero) is 1. The highest BCUT2D eigenvalue weighted by molar-refractivity contribution is 6.23. The van der Waals surface area contributed by atoms with Gasteiger partial charge < -0.3 is 14.6 Å². The van der Waals surface area contributed by atoms with E-state index in [0.29, 0.717) is 28.7 Å². The molecule has 180 valence electrons. The van der Waals surface area contributed by atoms with Crippen molar-refractivity contribution in [2.75, 3.05) is 14.2 Å². The average molecular weight is 475 g/mol. The van der Waals surface area contributed by atoms with Gasteiger partial charge in [0, 0.05) is 22.6 Å². The van der Waals surface area contributed by atoms with Crippen molar-refractivity contribution in [2.24, 2.45) is 23.7 Å². The Labute approximate surface area is 202 Å². The zero-order chi connectivity index (χ0) is 25.0. The third-order valence-corrected chi connectivity index (χ3v) is 7.44. The van der Waals surface area contributed by atoms with Gasteiger partial charge in [-0.1, -0.05) is 23.8 Å². The number of phenolic OH excluding ortho intramolecular Hbond substituents is 1. The highest BCUT2D eigenvalue weighted by Crippen LogP contribution is 2.51. The molecule has 8 nitrogen and oxygen atoms in total. The standard InChI is InChI=1S/C27H25NO7/c1-12-8-19(29)22-15(5-4-13-9-20(34-2)25(31)21(10-13)35-3)14-6-7-16-23(27(33)28-26(16)32)17(14)11-18(22)24(12)30/h4-6,8-10,15-17,23,31H,7,11H2,1-3H3,(H,28,32,33). The largest absolute Gasteiger partial charge is 0.502 e. The van der Waals surface area contributed by atoms with E-state index in [0.717, 1.165) is 5.57 Å². The number of allylic oxidation sites excluding steroid dienone is 7. The van der Waals surface area contributed by atoms with Gasteiger partial charge in [-0.15, -0.1) is 0 Å². The van der Waals surface area contributed by atoms with Crippen LogP contribution in [0.25, 0.3) is 6.08 Å². The van der Waals surface area contributed by atoms with Crippen LogP contribution in [0.4, 0.5) is 0 Å². The Morgan fingerprint density at radius 3 is 2.37 bits per heavy atom. The number of ketones is 2. The lowest BCUT2D eigenvalue weighted by Crippen LogP contribution is -2.39. The van der Waals surface area contributed by atoms with Gasteiger partial charge in [-0.25, -0.2) is 0 Å². The minimum absolute atomic E-state index is 0.124. The van der Waals surface area contributed by atoms with Gasteiger partial charge in [0.1, 0.15) is 0 Å². The molecule has 1 aliphatic heterocycles. The molecule has 1 aromatic rings. The third kappa shape index (κ3) is 3.51. The molecule has 0 aromatic heterocycles. The van der Waals surface area contributed by atoms with Crippen LogP contribution in [0, 0.1) is 23.7 Å². The average Bonchev–Trinajstić information content (AvgIpc) is 3.14. The molecule has 0 spiro atoms. The SMILES string of the molecule is COc1cc(C=CC2C3=CCC4C(=O)NC(=O)C4C3CC3=C2C(=O)C=C(C)C3=O)cc(OC)c1O. The topological polar surface area (TPSA) is 119 Å². The van der Waals surface area contributed by atoms with Gasteiger partial charge in [-0.05, 0) is 49.5 Å². The lowest BCUT2D eigenvalue weighted by Gasteiger charge is -2.41. The highest BCUT2D eigenvalue weighted by atomic mass is 16.5. The summed E-state index contributed by atoms with van der Waals surface area (Å²) >= 11 is 0. The van der Waals surface area contributed by atoms with Gasteiger partial charge in [0.15, 0.2) is 23.1 Å². The van der Waals surface area contributed by atoms with Crippen molar-refractivity contribution >= 4 is 29.5 Å². The van der Waals surface area contributed by atoms with Gasteiger partial charge in [-0.3, -0.25) is 24.5 Å².